The summed E-state index contributed by atoms with van der Waals surface area (Å²) < 4.78 is 43.1. The number of hydrogen-bond donors (Lipinski definition) is 1. The number of anilines is 2. The van der Waals surface area contributed by atoms with Gasteiger partial charge in [0.15, 0.2) is 0 Å². The van der Waals surface area contributed by atoms with Gasteiger partial charge in [0.25, 0.3) is 0 Å². The van der Waals surface area contributed by atoms with Gasteiger partial charge in [-0.1, -0.05) is 18.2 Å². The Bertz CT molecular complexity index is 1020. The maximum Gasteiger partial charge on any atom is 0.573 e. The Morgan fingerprint density at radius 1 is 1.17 bits per heavy atom. The van der Waals surface area contributed by atoms with Crippen molar-refractivity contribution in [1.82, 2.24) is 14.9 Å². The van der Waals surface area contributed by atoms with E-state index in [1.54, 1.807) is 17.0 Å². The molecule has 1 saturated carbocycles. The van der Waals surface area contributed by atoms with Crippen molar-refractivity contribution in [3.8, 4) is 5.75 Å². The molecular weight excluding hydrogens is 465 g/mol. The zero-order valence-corrected chi connectivity index (χ0v) is 19.3. The van der Waals surface area contributed by atoms with Crippen LogP contribution in [0.5, 0.6) is 5.75 Å². The molecule has 1 saturated heterocycles. The van der Waals surface area contributed by atoms with Crippen LogP contribution in [0.1, 0.15) is 44.1 Å². The summed E-state index contributed by atoms with van der Waals surface area (Å²) in [6.45, 7) is 2.82. The van der Waals surface area contributed by atoms with Crippen LogP contribution in [0.2, 0.25) is 0 Å². The Morgan fingerprint density at radius 3 is 2.49 bits per heavy atom. The number of nitrogens with two attached hydrogens (primary N) is 1. The van der Waals surface area contributed by atoms with Crippen molar-refractivity contribution >= 4 is 17.5 Å². The van der Waals surface area contributed by atoms with E-state index >= 15 is 0 Å². The fourth-order valence-electron chi connectivity index (χ4n) is 5.06. The van der Waals surface area contributed by atoms with Gasteiger partial charge < -0.3 is 20.3 Å². The zero-order chi connectivity index (χ0) is 25.0. The molecule has 1 aromatic heterocycles. The standard InChI is InChI=1S/C23H29F3N6O3/c24-23(25,26)35-20-6-2-1-5-17(20)15-31(22-28-13-19(32(33)34)21(27)29-22)14-16-7-9-18(10-8-16)30-11-3-4-12-30/h1-2,5-6,13,16,18H,3-4,7-12,14-15H2,(H2,27,28,29). The number of benzene rings is 1. The predicted molar refractivity (Wildman–Crippen MR) is 124 cm³/mol. The lowest BCUT2D eigenvalue weighted by Gasteiger charge is -2.36. The summed E-state index contributed by atoms with van der Waals surface area (Å²) >= 11 is 0. The molecular formula is C23H29F3N6O3. The van der Waals surface area contributed by atoms with Crippen molar-refractivity contribution in [1.29, 1.82) is 0 Å². The summed E-state index contributed by atoms with van der Waals surface area (Å²) in [4.78, 5) is 23.0. The number of ether oxygens (including phenoxy) is 1. The fraction of sp³-hybridized carbons (Fsp3) is 0.565. The topological polar surface area (TPSA) is 111 Å². The van der Waals surface area contributed by atoms with E-state index in [0.717, 1.165) is 45.0 Å². The third kappa shape index (κ3) is 6.50. The summed E-state index contributed by atoms with van der Waals surface area (Å²) in [5.41, 5.74) is 5.68. The number of nitrogen functional groups attached to an aromatic ring is 1. The SMILES string of the molecule is Nc1nc(N(Cc2ccccc2OC(F)(F)F)CC2CCC(N3CCCC3)CC2)ncc1[N+](=O)[O-]. The van der Waals surface area contributed by atoms with Gasteiger partial charge in [0, 0.05) is 24.7 Å². The molecule has 1 aliphatic heterocycles. The van der Waals surface area contributed by atoms with Gasteiger partial charge in [-0.3, -0.25) is 10.1 Å². The van der Waals surface area contributed by atoms with Gasteiger partial charge in [-0.15, -0.1) is 13.2 Å². The first-order chi connectivity index (χ1) is 16.7. The minimum absolute atomic E-state index is 0.0373. The van der Waals surface area contributed by atoms with Gasteiger partial charge in [-0.05, 0) is 63.6 Å². The predicted octanol–water partition coefficient (Wildman–Crippen LogP) is 4.53. The zero-order valence-electron chi connectivity index (χ0n) is 19.3. The number of aromatic nitrogens is 2. The first-order valence-electron chi connectivity index (χ1n) is 11.8. The molecule has 0 unspecified atom stereocenters. The molecule has 2 heterocycles. The van der Waals surface area contributed by atoms with Gasteiger partial charge >= 0.3 is 12.0 Å². The number of alkyl halides is 3. The molecule has 2 fully saturated rings. The molecule has 9 nitrogen and oxygen atoms in total. The van der Waals surface area contributed by atoms with Crippen LogP contribution < -0.4 is 15.4 Å². The highest BCUT2D eigenvalue weighted by Gasteiger charge is 2.33. The average Bonchev–Trinajstić information content (AvgIpc) is 3.34. The van der Waals surface area contributed by atoms with E-state index < -0.39 is 17.0 Å². The Kier molecular flexibility index (Phi) is 7.58. The van der Waals surface area contributed by atoms with E-state index in [-0.39, 0.29) is 30.0 Å². The summed E-state index contributed by atoms with van der Waals surface area (Å²) in [5.74, 6) is -0.179. The molecule has 190 valence electrons. The molecule has 12 heteroatoms. The van der Waals surface area contributed by atoms with Crippen molar-refractivity contribution in [2.45, 2.75) is 57.5 Å². The largest absolute Gasteiger partial charge is 0.573 e. The van der Waals surface area contributed by atoms with Crippen LogP contribution in [-0.2, 0) is 6.54 Å². The number of likely N-dealkylation sites (tertiary alicyclic amines) is 1. The van der Waals surface area contributed by atoms with E-state index in [2.05, 4.69) is 19.6 Å². The molecule has 0 radical (unpaired) electrons. The normalized spacial score (nSPS) is 21.1. The van der Waals surface area contributed by atoms with Gasteiger partial charge in [0.1, 0.15) is 11.9 Å². The highest BCUT2D eigenvalue weighted by molar-refractivity contribution is 5.54. The van der Waals surface area contributed by atoms with Crippen LogP contribution in [0.4, 0.5) is 30.6 Å². The molecule has 0 bridgehead atoms. The maximum absolute atomic E-state index is 12.9. The summed E-state index contributed by atoms with van der Waals surface area (Å²) in [7, 11) is 0. The monoisotopic (exact) mass is 494 g/mol. The Labute approximate surface area is 201 Å². The van der Waals surface area contributed by atoms with E-state index in [1.165, 1.54) is 25.0 Å². The molecule has 2 N–H and O–H groups in total. The number of hydrogen-bond acceptors (Lipinski definition) is 8. The summed E-state index contributed by atoms with van der Waals surface area (Å²) in [5, 5.41) is 11.1. The average molecular weight is 495 g/mol. The highest BCUT2D eigenvalue weighted by Crippen LogP contribution is 2.33. The lowest BCUT2D eigenvalue weighted by molar-refractivity contribution is -0.384. The van der Waals surface area contributed by atoms with Crippen LogP contribution in [0.3, 0.4) is 0 Å². The smallest absolute Gasteiger partial charge is 0.405 e. The molecule has 1 aromatic carbocycles. The Morgan fingerprint density at radius 2 is 1.86 bits per heavy atom. The van der Waals surface area contributed by atoms with E-state index in [4.69, 9.17) is 5.73 Å². The van der Waals surface area contributed by atoms with E-state index in [1.807, 2.05) is 0 Å². The van der Waals surface area contributed by atoms with Crippen LogP contribution in [0, 0.1) is 16.0 Å². The number of halogens is 3. The van der Waals surface area contributed by atoms with E-state index in [0.29, 0.717) is 18.2 Å². The second-order valence-corrected chi connectivity index (χ2v) is 9.15. The van der Waals surface area contributed by atoms with Gasteiger partial charge in [-0.25, -0.2) is 4.98 Å². The third-order valence-electron chi connectivity index (χ3n) is 6.78. The molecule has 2 aromatic rings. The van der Waals surface area contributed by atoms with Crippen molar-refractivity contribution in [2.75, 3.05) is 30.3 Å². The second kappa shape index (κ2) is 10.6. The van der Waals surface area contributed by atoms with Crippen LogP contribution in [0.15, 0.2) is 30.5 Å². The molecule has 1 aliphatic carbocycles. The van der Waals surface area contributed by atoms with Crippen LogP contribution in [-0.4, -0.2) is 51.8 Å². The Balaban J connectivity index is 1.54. The number of rotatable bonds is 8. The quantitative estimate of drug-likeness (QED) is 0.421. The minimum atomic E-state index is -4.83. The van der Waals surface area contributed by atoms with Gasteiger partial charge in [-0.2, -0.15) is 4.98 Å². The molecule has 4 rings (SSSR count). The minimum Gasteiger partial charge on any atom is -0.405 e. The number of para-hydroxylation sites is 1. The first kappa shape index (κ1) is 25.0. The van der Waals surface area contributed by atoms with Crippen LogP contribution >= 0.6 is 0 Å². The molecule has 35 heavy (non-hydrogen) atoms. The molecule has 0 amide bonds. The maximum atomic E-state index is 12.9. The number of nitro groups is 1. The van der Waals surface area contributed by atoms with Gasteiger partial charge in [0.2, 0.25) is 11.8 Å². The van der Waals surface area contributed by atoms with Crippen molar-refractivity contribution in [3.05, 3.63) is 46.1 Å². The third-order valence-corrected chi connectivity index (χ3v) is 6.78. The lowest BCUT2D eigenvalue weighted by atomic mass is 9.85. The van der Waals surface area contributed by atoms with Crippen molar-refractivity contribution in [2.24, 2.45) is 5.92 Å². The molecule has 0 spiro atoms. The lowest BCUT2D eigenvalue weighted by Crippen LogP contribution is -2.39. The van der Waals surface area contributed by atoms with Gasteiger partial charge in [0.05, 0.1) is 4.92 Å². The molecule has 0 atom stereocenters. The summed E-state index contributed by atoms with van der Waals surface area (Å²) in [6, 6.07) is 6.48. The van der Waals surface area contributed by atoms with E-state index in [9.17, 15) is 23.3 Å². The first-order valence-corrected chi connectivity index (χ1v) is 11.8. The van der Waals surface area contributed by atoms with Crippen LogP contribution in [0.25, 0.3) is 0 Å². The Hall–Kier alpha value is -3.15. The summed E-state index contributed by atoms with van der Waals surface area (Å²) in [6.07, 6.45) is 2.76. The second-order valence-electron chi connectivity index (χ2n) is 9.15. The van der Waals surface area contributed by atoms with Crippen molar-refractivity contribution < 1.29 is 22.8 Å². The number of nitrogens with zero attached hydrogens (tertiary/aromatic N) is 5. The highest BCUT2D eigenvalue weighted by atomic mass is 19.4. The molecule has 2 aliphatic rings. The van der Waals surface area contributed by atoms with Crippen molar-refractivity contribution in [3.63, 3.8) is 0 Å². The fourth-order valence-corrected chi connectivity index (χ4v) is 5.06.